The summed E-state index contributed by atoms with van der Waals surface area (Å²) in [6.45, 7) is 4.20. The molecule has 0 aliphatic carbocycles. The number of likely N-dealkylation sites (N-methyl/N-ethyl adjacent to an activating group) is 1. The first-order valence-corrected chi connectivity index (χ1v) is 6.90. The Labute approximate surface area is 114 Å². The number of carbonyl (C=O) groups excluding carboxylic acids is 1. The molecule has 0 aromatic heterocycles. The topological polar surface area (TPSA) is 32.3 Å². The van der Waals surface area contributed by atoms with Gasteiger partial charge in [0.05, 0.1) is 5.56 Å². The van der Waals surface area contributed by atoms with Gasteiger partial charge in [0, 0.05) is 23.6 Å². The summed E-state index contributed by atoms with van der Waals surface area (Å²) in [5.74, 6) is -0.713. The molecule has 0 spiro atoms. The average molecular weight is 315 g/mol. The van der Waals surface area contributed by atoms with E-state index in [1.807, 2.05) is 6.92 Å². The van der Waals surface area contributed by atoms with Crippen molar-refractivity contribution in [3.63, 3.8) is 0 Å². The standard InChI is InChI=1S/C13H16BrFN2O/c1-2-17(9-6-7-16-8-9)13(18)12-10(14)4-3-5-11(12)15/h3-5,9,16H,2,6-8H2,1H3. The van der Waals surface area contributed by atoms with Crippen molar-refractivity contribution in [3.8, 4) is 0 Å². The number of benzene rings is 1. The fourth-order valence-electron chi connectivity index (χ4n) is 2.32. The molecule has 0 radical (unpaired) electrons. The molecule has 1 aromatic rings. The maximum absolute atomic E-state index is 13.8. The van der Waals surface area contributed by atoms with E-state index < -0.39 is 5.82 Å². The molecule has 2 rings (SSSR count). The second-order valence-corrected chi connectivity index (χ2v) is 5.19. The zero-order valence-corrected chi connectivity index (χ0v) is 11.8. The van der Waals surface area contributed by atoms with Crippen LogP contribution in [0.25, 0.3) is 0 Å². The van der Waals surface area contributed by atoms with Crippen LogP contribution in [0.15, 0.2) is 22.7 Å². The van der Waals surface area contributed by atoms with Crippen molar-refractivity contribution in [2.75, 3.05) is 19.6 Å². The highest BCUT2D eigenvalue weighted by Gasteiger charge is 2.28. The van der Waals surface area contributed by atoms with Crippen molar-refractivity contribution in [2.24, 2.45) is 0 Å². The molecule has 1 saturated heterocycles. The van der Waals surface area contributed by atoms with Crippen LogP contribution in [0.3, 0.4) is 0 Å². The fraction of sp³-hybridized carbons (Fsp3) is 0.462. The largest absolute Gasteiger partial charge is 0.334 e. The molecule has 18 heavy (non-hydrogen) atoms. The smallest absolute Gasteiger partial charge is 0.258 e. The Morgan fingerprint density at radius 3 is 2.94 bits per heavy atom. The maximum Gasteiger partial charge on any atom is 0.258 e. The van der Waals surface area contributed by atoms with Crippen molar-refractivity contribution >= 4 is 21.8 Å². The van der Waals surface area contributed by atoms with Gasteiger partial charge in [0.2, 0.25) is 0 Å². The van der Waals surface area contributed by atoms with E-state index in [1.165, 1.54) is 6.07 Å². The van der Waals surface area contributed by atoms with Gasteiger partial charge >= 0.3 is 0 Å². The molecule has 0 saturated carbocycles. The molecule has 98 valence electrons. The van der Waals surface area contributed by atoms with Crippen LogP contribution >= 0.6 is 15.9 Å². The first-order valence-electron chi connectivity index (χ1n) is 6.10. The molecular formula is C13H16BrFN2O. The van der Waals surface area contributed by atoms with Gasteiger partial charge in [-0.05, 0) is 48.0 Å². The van der Waals surface area contributed by atoms with Crippen molar-refractivity contribution in [1.29, 1.82) is 0 Å². The SMILES string of the molecule is CCN(C(=O)c1c(F)cccc1Br)C1CCNC1. The molecule has 1 unspecified atom stereocenters. The third kappa shape index (κ3) is 2.57. The highest BCUT2D eigenvalue weighted by atomic mass is 79.9. The van der Waals surface area contributed by atoms with Gasteiger partial charge in [-0.1, -0.05) is 6.07 Å². The Morgan fingerprint density at radius 2 is 2.39 bits per heavy atom. The molecular weight excluding hydrogens is 299 g/mol. The molecule has 1 fully saturated rings. The Bertz CT molecular complexity index is 426. The average Bonchev–Trinajstić information content (AvgIpc) is 2.83. The first-order chi connectivity index (χ1) is 8.65. The van der Waals surface area contributed by atoms with Crippen LogP contribution in [0.1, 0.15) is 23.7 Å². The van der Waals surface area contributed by atoms with Gasteiger partial charge in [0.25, 0.3) is 5.91 Å². The Balaban J connectivity index is 2.28. The number of nitrogens with zero attached hydrogens (tertiary/aromatic N) is 1. The number of halogens is 2. The highest BCUT2D eigenvalue weighted by molar-refractivity contribution is 9.10. The normalized spacial score (nSPS) is 18.9. The van der Waals surface area contributed by atoms with Crippen LogP contribution in [0.5, 0.6) is 0 Å². The molecule has 5 heteroatoms. The van der Waals surface area contributed by atoms with Gasteiger partial charge in [-0.25, -0.2) is 4.39 Å². The third-order valence-corrected chi connectivity index (χ3v) is 3.91. The number of hydrogen-bond acceptors (Lipinski definition) is 2. The molecule has 3 nitrogen and oxygen atoms in total. The van der Waals surface area contributed by atoms with Crippen LogP contribution < -0.4 is 5.32 Å². The summed E-state index contributed by atoms with van der Waals surface area (Å²) in [5.41, 5.74) is 0.131. The van der Waals surface area contributed by atoms with E-state index in [0.29, 0.717) is 11.0 Å². The van der Waals surface area contributed by atoms with Crippen molar-refractivity contribution < 1.29 is 9.18 Å². The van der Waals surface area contributed by atoms with E-state index in [2.05, 4.69) is 21.2 Å². The molecule has 1 amide bonds. The summed E-state index contributed by atoms with van der Waals surface area (Å²) < 4.78 is 14.3. The van der Waals surface area contributed by atoms with Crippen LogP contribution in [-0.2, 0) is 0 Å². The van der Waals surface area contributed by atoms with Gasteiger partial charge in [-0.3, -0.25) is 4.79 Å². The second-order valence-electron chi connectivity index (χ2n) is 4.33. The summed E-state index contributed by atoms with van der Waals surface area (Å²) in [6, 6.07) is 4.76. The van der Waals surface area contributed by atoms with Crippen molar-refractivity contribution in [2.45, 2.75) is 19.4 Å². The molecule has 1 heterocycles. The zero-order chi connectivity index (χ0) is 13.1. The molecule has 1 atom stereocenters. The predicted molar refractivity (Wildman–Crippen MR) is 72.1 cm³/mol. The number of carbonyl (C=O) groups is 1. The van der Waals surface area contributed by atoms with E-state index in [0.717, 1.165) is 19.5 Å². The van der Waals surface area contributed by atoms with E-state index in [9.17, 15) is 9.18 Å². The van der Waals surface area contributed by atoms with Crippen LogP contribution in [0, 0.1) is 5.82 Å². The summed E-state index contributed by atoms with van der Waals surface area (Å²) in [6.07, 6.45) is 0.922. The molecule has 0 bridgehead atoms. The lowest BCUT2D eigenvalue weighted by Gasteiger charge is -2.27. The first kappa shape index (κ1) is 13.5. The van der Waals surface area contributed by atoms with Crippen molar-refractivity contribution in [1.82, 2.24) is 10.2 Å². The summed E-state index contributed by atoms with van der Waals surface area (Å²) in [7, 11) is 0. The third-order valence-electron chi connectivity index (χ3n) is 3.25. The molecule has 1 N–H and O–H groups in total. The van der Waals surface area contributed by atoms with Crippen molar-refractivity contribution in [3.05, 3.63) is 34.1 Å². The van der Waals surface area contributed by atoms with E-state index in [-0.39, 0.29) is 17.5 Å². The Hall–Kier alpha value is -0.940. The summed E-state index contributed by atoms with van der Waals surface area (Å²) in [5, 5.41) is 3.22. The lowest BCUT2D eigenvalue weighted by molar-refractivity contribution is 0.0698. The Kier molecular flexibility index (Phi) is 4.35. The summed E-state index contributed by atoms with van der Waals surface area (Å²) >= 11 is 3.25. The number of rotatable bonds is 3. The van der Waals surface area contributed by atoms with Gasteiger partial charge in [-0.15, -0.1) is 0 Å². The maximum atomic E-state index is 13.8. The molecule has 1 aliphatic rings. The minimum Gasteiger partial charge on any atom is -0.334 e. The molecule has 1 aromatic carbocycles. The monoisotopic (exact) mass is 314 g/mol. The number of amides is 1. The predicted octanol–water partition coefficient (Wildman–Crippen LogP) is 2.41. The van der Waals surface area contributed by atoms with Crippen LogP contribution in [-0.4, -0.2) is 36.5 Å². The lowest BCUT2D eigenvalue weighted by atomic mass is 10.1. The highest BCUT2D eigenvalue weighted by Crippen LogP contribution is 2.23. The van der Waals surface area contributed by atoms with E-state index >= 15 is 0 Å². The lowest BCUT2D eigenvalue weighted by Crippen LogP contribution is -2.41. The van der Waals surface area contributed by atoms with Crippen LogP contribution in [0.2, 0.25) is 0 Å². The van der Waals surface area contributed by atoms with Gasteiger partial charge in [0.15, 0.2) is 0 Å². The van der Waals surface area contributed by atoms with E-state index in [1.54, 1.807) is 17.0 Å². The Morgan fingerprint density at radius 1 is 1.61 bits per heavy atom. The van der Waals surface area contributed by atoms with Gasteiger partial charge < -0.3 is 10.2 Å². The minimum absolute atomic E-state index is 0.131. The van der Waals surface area contributed by atoms with Gasteiger partial charge in [0.1, 0.15) is 5.82 Å². The van der Waals surface area contributed by atoms with Crippen LogP contribution in [0.4, 0.5) is 4.39 Å². The number of nitrogens with one attached hydrogen (secondary N) is 1. The summed E-state index contributed by atoms with van der Waals surface area (Å²) in [4.78, 5) is 14.2. The minimum atomic E-state index is -0.473. The quantitative estimate of drug-likeness (QED) is 0.929. The zero-order valence-electron chi connectivity index (χ0n) is 10.2. The number of hydrogen-bond donors (Lipinski definition) is 1. The molecule has 1 aliphatic heterocycles. The fourth-order valence-corrected chi connectivity index (χ4v) is 2.83. The second kappa shape index (κ2) is 5.80. The van der Waals surface area contributed by atoms with Gasteiger partial charge in [-0.2, -0.15) is 0 Å². The van der Waals surface area contributed by atoms with E-state index in [4.69, 9.17) is 0 Å².